The number of aryl methyl sites for hydroxylation is 1. The largest absolute Gasteiger partial charge is 0.346 e. The molecule has 0 bridgehead atoms. The van der Waals surface area contributed by atoms with Crippen LogP contribution in [-0.2, 0) is 11.2 Å². The van der Waals surface area contributed by atoms with Crippen molar-refractivity contribution in [3.05, 3.63) is 70.5 Å². The van der Waals surface area contributed by atoms with E-state index in [4.69, 9.17) is 0 Å². The Morgan fingerprint density at radius 2 is 1.83 bits per heavy atom. The second kappa shape index (κ2) is 7.42. The third kappa shape index (κ3) is 4.66. The van der Waals surface area contributed by atoms with Gasteiger partial charge in [0, 0.05) is 12.0 Å². The maximum atomic E-state index is 12.9. The molecule has 0 spiro atoms. The van der Waals surface area contributed by atoms with Gasteiger partial charge in [-0.15, -0.1) is 12.6 Å². The van der Waals surface area contributed by atoms with Crippen molar-refractivity contribution in [3.63, 3.8) is 0 Å². The van der Waals surface area contributed by atoms with E-state index in [1.165, 1.54) is 12.1 Å². The molecule has 120 valence electrons. The Hall–Kier alpha value is -2.14. The fraction of sp³-hybridized carbons (Fsp3) is 0.222. The van der Waals surface area contributed by atoms with E-state index in [2.05, 4.69) is 17.9 Å². The SMILES string of the molecule is Cc1ccc(C(=O)NC(C)c2ccc(F)cc2)cc1CC(=O)S. The Morgan fingerprint density at radius 1 is 1.17 bits per heavy atom. The van der Waals surface area contributed by atoms with Gasteiger partial charge in [0.15, 0.2) is 5.12 Å². The highest BCUT2D eigenvalue weighted by atomic mass is 32.1. The third-order valence-corrected chi connectivity index (χ3v) is 3.83. The number of amides is 1. The van der Waals surface area contributed by atoms with Gasteiger partial charge in [-0.3, -0.25) is 9.59 Å². The van der Waals surface area contributed by atoms with Crippen LogP contribution in [-0.4, -0.2) is 11.0 Å². The van der Waals surface area contributed by atoms with Gasteiger partial charge in [-0.1, -0.05) is 18.2 Å². The van der Waals surface area contributed by atoms with Gasteiger partial charge >= 0.3 is 0 Å². The zero-order chi connectivity index (χ0) is 17.0. The predicted octanol–water partition coefficient (Wildman–Crippen LogP) is 3.62. The average molecular weight is 331 g/mol. The topological polar surface area (TPSA) is 46.2 Å². The van der Waals surface area contributed by atoms with E-state index in [-0.39, 0.29) is 29.3 Å². The molecule has 5 heteroatoms. The molecule has 1 N–H and O–H groups in total. The minimum atomic E-state index is -0.313. The molecule has 23 heavy (non-hydrogen) atoms. The summed E-state index contributed by atoms with van der Waals surface area (Å²) in [4.78, 5) is 23.5. The smallest absolute Gasteiger partial charge is 0.251 e. The van der Waals surface area contributed by atoms with Gasteiger partial charge in [0.05, 0.1) is 6.04 Å². The van der Waals surface area contributed by atoms with E-state index in [0.717, 1.165) is 16.7 Å². The number of carbonyl (C=O) groups is 2. The van der Waals surface area contributed by atoms with Crippen LogP contribution in [0, 0.1) is 12.7 Å². The van der Waals surface area contributed by atoms with Crippen LogP contribution in [0.2, 0.25) is 0 Å². The molecule has 0 saturated heterocycles. The maximum absolute atomic E-state index is 12.9. The molecule has 0 aromatic heterocycles. The minimum Gasteiger partial charge on any atom is -0.346 e. The molecule has 1 atom stereocenters. The van der Waals surface area contributed by atoms with Crippen molar-refractivity contribution in [1.29, 1.82) is 0 Å². The molecule has 1 amide bonds. The second-order valence-electron chi connectivity index (χ2n) is 5.46. The molecular formula is C18H18FNO2S. The van der Waals surface area contributed by atoms with Gasteiger partial charge in [-0.2, -0.15) is 0 Å². The van der Waals surface area contributed by atoms with Crippen molar-refractivity contribution in [2.45, 2.75) is 26.3 Å². The zero-order valence-corrected chi connectivity index (χ0v) is 13.9. The first-order valence-corrected chi connectivity index (χ1v) is 7.69. The van der Waals surface area contributed by atoms with Crippen molar-refractivity contribution < 1.29 is 14.0 Å². The maximum Gasteiger partial charge on any atom is 0.251 e. The highest BCUT2D eigenvalue weighted by molar-refractivity contribution is 7.96. The Labute approximate surface area is 140 Å². The summed E-state index contributed by atoms with van der Waals surface area (Å²) in [5.74, 6) is -0.554. The van der Waals surface area contributed by atoms with E-state index in [9.17, 15) is 14.0 Å². The number of carbonyl (C=O) groups excluding carboxylic acids is 2. The minimum absolute atomic E-state index is 0.184. The molecule has 3 nitrogen and oxygen atoms in total. The van der Waals surface area contributed by atoms with E-state index in [1.807, 2.05) is 19.9 Å². The monoisotopic (exact) mass is 331 g/mol. The number of rotatable bonds is 5. The summed E-state index contributed by atoms with van der Waals surface area (Å²) in [5, 5.41) is 2.62. The summed E-state index contributed by atoms with van der Waals surface area (Å²) in [6.45, 7) is 3.71. The normalized spacial score (nSPS) is 11.8. The first-order chi connectivity index (χ1) is 10.9. The van der Waals surface area contributed by atoms with Crippen LogP contribution >= 0.6 is 12.6 Å². The summed E-state index contributed by atoms with van der Waals surface area (Å²) < 4.78 is 12.9. The Bertz CT molecular complexity index is 728. The van der Waals surface area contributed by atoms with E-state index >= 15 is 0 Å². The van der Waals surface area contributed by atoms with Crippen LogP contribution in [0.3, 0.4) is 0 Å². The van der Waals surface area contributed by atoms with Crippen molar-refractivity contribution in [1.82, 2.24) is 5.32 Å². The number of thiol groups is 1. The third-order valence-electron chi connectivity index (χ3n) is 3.67. The van der Waals surface area contributed by atoms with Crippen LogP contribution in [0.4, 0.5) is 4.39 Å². The van der Waals surface area contributed by atoms with Crippen molar-refractivity contribution in [2.75, 3.05) is 0 Å². The van der Waals surface area contributed by atoms with Gasteiger partial charge in [-0.05, 0) is 54.8 Å². The summed E-state index contributed by atoms with van der Waals surface area (Å²) in [7, 11) is 0. The second-order valence-corrected chi connectivity index (χ2v) is 5.96. The van der Waals surface area contributed by atoms with Crippen LogP contribution in [0.1, 0.15) is 40.0 Å². The molecule has 0 fully saturated rings. The van der Waals surface area contributed by atoms with Crippen LogP contribution in [0.15, 0.2) is 42.5 Å². The van der Waals surface area contributed by atoms with Gasteiger partial charge in [0.25, 0.3) is 5.91 Å². The highest BCUT2D eigenvalue weighted by Gasteiger charge is 2.13. The number of nitrogens with one attached hydrogen (secondary N) is 1. The number of halogens is 1. The Morgan fingerprint density at radius 3 is 2.43 bits per heavy atom. The fourth-order valence-corrected chi connectivity index (χ4v) is 2.45. The summed E-state index contributed by atoms with van der Waals surface area (Å²) in [6.07, 6.45) is 0.184. The van der Waals surface area contributed by atoms with Crippen molar-refractivity contribution >= 4 is 23.7 Å². The molecule has 0 saturated carbocycles. The molecule has 2 aromatic carbocycles. The first kappa shape index (κ1) is 17.2. The predicted molar refractivity (Wildman–Crippen MR) is 91.2 cm³/mol. The lowest BCUT2D eigenvalue weighted by molar-refractivity contribution is -0.110. The van der Waals surface area contributed by atoms with Gasteiger partial charge in [0.2, 0.25) is 0 Å². The lowest BCUT2D eigenvalue weighted by atomic mass is 10.0. The number of benzene rings is 2. The highest BCUT2D eigenvalue weighted by Crippen LogP contribution is 2.16. The van der Waals surface area contributed by atoms with E-state index in [1.54, 1.807) is 24.3 Å². The lowest BCUT2D eigenvalue weighted by Gasteiger charge is -2.15. The molecule has 0 aliphatic rings. The quantitative estimate of drug-likeness (QED) is 0.822. The van der Waals surface area contributed by atoms with Crippen LogP contribution in [0.25, 0.3) is 0 Å². The van der Waals surface area contributed by atoms with Gasteiger partial charge < -0.3 is 5.32 Å². The van der Waals surface area contributed by atoms with Crippen molar-refractivity contribution in [3.8, 4) is 0 Å². The molecule has 2 rings (SSSR count). The van der Waals surface area contributed by atoms with Crippen molar-refractivity contribution in [2.24, 2.45) is 0 Å². The Balaban J connectivity index is 2.14. The molecule has 0 aliphatic heterocycles. The summed E-state index contributed by atoms with van der Waals surface area (Å²) >= 11 is 3.78. The van der Waals surface area contributed by atoms with E-state index in [0.29, 0.717) is 5.56 Å². The molecule has 0 aliphatic carbocycles. The summed E-state index contributed by atoms with van der Waals surface area (Å²) in [6, 6.07) is 11.0. The van der Waals surface area contributed by atoms with Crippen LogP contribution < -0.4 is 5.32 Å². The summed E-state index contributed by atoms with van der Waals surface area (Å²) in [5.41, 5.74) is 3.02. The molecule has 0 radical (unpaired) electrons. The first-order valence-electron chi connectivity index (χ1n) is 7.24. The molecule has 1 unspecified atom stereocenters. The fourth-order valence-electron chi connectivity index (χ4n) is 2.28. The molecule has 0 heterocycles. The lowest BCUT2D eigenvalue weighted by Crippen LogP contribution is -2.26. The number of hydrogen-bond donors (Lipinski definition) is 2. The molecular weight excluding hydrogens is 313 g/mol. The zero-order valence-electron chi connectivity index (χ0n) is 13.0. The van der Waals surface area contributed by atoms with Crippen LogP contribution in [0.5, 0.6) is 0 Å². The van der Waals surface area contributed by atoms with Gasteiger partial charge in [0.1, 0.15) is 5.82 Å². The van der Waals surface area contributed by atoms with Gasteiger partial charge in [-0.25, -0.2) is 4.39 Å². The number of hydrogen-bond acceptors (Lipinski definition) is 2. The standard InChI is InChI=1S/C18H18FNO2S/c1-11-3-4-14(9-15(11)10-17(21)23)18(22)20-12(2)13-5-7-16(19)8-6-13/h3-9,12H,10H2,1-2H3,(H,20,22)(H,21,23). The Kier molecular flexibility index (Phi) is 5.55. The average Bonchev–Trinajstić information content (AvgIpc) is 2.49. The van der Waals surface area contributed by atoms with E-state index < -0.39 is 0 Å². The molecule has 2 aromatic rings.